The zero-order valence-corrected chi connectivity index (χ0v) is 21.6. The normalized spacial score (nSPS) is 12.0. The van der Waals surface area contributed by atoms with Gasteiger partial charge in [-0.15, -0.1) is 11.3 Å². The third kappa shape index (κ3) is 5.20. The number of rotatable bonds is 6. The largest absolute Gasteiger partial charge is 0.457 e. The van der Waals surface area contributed by atoms with Gasteiger partial charge in [0, 0.05) is 28.1 Å². The van der Waals surface area contributed by atoms with E-state index in [1.54, 1.807) is 62.4 Å². The second kappa shape index (κ2) is 9.19. The number of benzene rings is 2. The van der Waals surface area contributed by atoms with Gasteiger partial charge in [-0.25, -0.2) is 13.4 Å². The third-order valence-corrected chi connectivity index (χ3v) is 9.07. The van der Waals surface area contributed by atoms with E-state index in [2.05, 4.69) is 10.3 Å². The number of carbonyl (C=O) groups is 1. The fourth-order valence-electron chi connectivity index (χ4n) is 3.16. The molecule has 1 N–H and O–H groups in total. The molecule has 2 aromatic carbocycles. The zero-order chi connectivity index (χ0) is 24.7. The van der Waals surface area contributed by atoms with Crippen LogP contribution >= 0.6 is 34.5 Å². The molecule has 1 amide bonds. The van der Waals surface area contributed by atoms with Crippen molar-refractivity contribution in [1.82, 2.24) is 4.98 Å². The molecule has 10 heteroatoms. The summed E-state index contributed by atoms with van der Waals surface area (Å²) in [6.45, 7) is 3.33. The number of aromatic nitrogens is 1. The fraction of sp³-hybridized carbons (Fsp3) is 0.167. The minimum absolute atomic E-state index is 0.158. The monoisotopic (exact) mass is 534 g/mol. The topological polar surface area (TPSA) is 85.4 Å². The Kier molecular flexibility index (Phi) is 6.61. The molecule has 2 heterocycles. The predicted octanol–water partition coefficient (Wildman–Crippen LogP) is 6.93. The second-order valence-corrected chi connectivity index (χ2v) is 12.6. The summed E-state index contributed by atoms with van der Waals surface area (Å²) in [5.74, 6) is 0.832. The molecule has 0 saturated heterocycles. The molecular formula is C24H20Cl2N2O4S2. The lowest BCUT2D eigenvalue weighted by atomic mass is 10.0. The SMILES string of the molecule is CC(C)(c1ccc2sc(C(=O)Nc3cc(Oc4ccc(Cl)cc4)cc(Cl)n3)cc2c1)S(C)(=O)=O. The summed E-state index contributed by atoms with van der Waals surface area (Å²) < 4.78 is 30.0. The molecule has 34 heavy (non-hydrogen) atoms. The molecule has 0 fully saturated rings. The van der Waals surface area contributed by atoms with Crippen LogP contribution in [0.4, 0.5) is 5.82 Å². The van der Waals surface area contributed by atoms with Gasteiger partial charge in [-0.05, 0) is 67.3 Å². The molecular weight excluding hydrogens is 515 g/mol. The molecule has 0 saturated carbocycles. The number of pyridine rings is 1. The van der Waals surface area contributed by atoms with Gasteiger partial charge < -0.3 is 10.1 Å². The van der Waals surface area contributed by atoms with Crippen LogP contribution in [0.2, 0.25) is 10.2 Å². The van der Waals surface area contributed by atoms with Crippen molar-refractivity contribution in [2.45, 2.75) is 18.6 Å². The summed E-state index contributed by atoms with van der Waals surface area (Å²) in [6, 6.07) is 17.1. The predicted molar refractivity (Wildman–Crippen MR) is 138 cm³/mol. The molecule has 0 spiro atoms. The quantitative estimate of drug-likeness (QED) is 0.271. The van der Waals surface area contributed by atoms with Gasteiger partial charge in [-0.2, -0.15) is 0 Å². The van der Waals surface area contributed by atoms with Crippen LogP contribution in [0.3, 0.4) is 0 Å². The van der Waals surface area contributed by atoms with Gasteiger partial charge in [0.05, 0.1) is 9.62 Å². The Morgan fingerprint density at radius 2 is 1.71 bits per heavy atom. The van der Waals surface area contributed by atoms with Crippen molar-refractivity contribution < 1.29 is 17.9 Å². The lowest BCUT2D eigenvalue weighted by molar-refractivity contribution is 0.103. The Hall–Kier alpha value is -2.65. The number of nitrogens with zero attached hydrogens (tertiary/aromatic N) is 1. The summed E-state index contributed by atoms with van der Waals surface area (Å²) in [6.07, 6.45) is 1.21. The number of amides is 1. The van der Waals surface area contributed by atoms with E-state index in [-0.39, 0.29) is 16.9 Å². The van der Waals surface area contributed by atoms with E-state index < -0.39 is 14.6 Å². The molecule has 0 atom stereocenters. The molecule has 0 aliphatic rings. The molecule has 2 aromatic heterocycles. The molecule has 4 rings (SSSR count). The number of nitrogens with one attached hydrogen (secondary N) is 1. The minimum Gasteiger partial charge on any atom is -0.457 e. The van der Waals surface area contributed by atoms with Gasteiger partial charge in [0.25, 0.3) is 5.91 Å². The Morgan fingerprint density at radius 1 is 1.00 bits per heavy atom. The summed E-state index contributed by atoms with van der Waals surface area (Å²) >= 11 is 13.3. The van der Waals surface area contributed by atoms with E-state index in [1.165, 1.54) is 23.7 Å². The summed E-state index contributed by atoms with van der Waals surface area (Å²) in [5.41, 5.74) is 0.660. The van der Waals surface area contributed by atoms with E-state index in [0.29, 0.717) is 27.0 Å². The first kappa shape index (κ1) is 24.5. The van der Waals surface area contributed by atoms with Crippen LogP contribution < -0.4 is 10.1 Å². The highest BCUT2D eigenvalue weighted by Crippen LogP contribution is 2.34. The van der Waals surface area contributed by atoms with Crippen molar-refractivity contribution >= 4 is 66.2 Å². The van der Waals surface area contributed by atoms with Crippen LogP contribution in [0.5, 0.6) is 11.5 Å². The number of sulfone groups is 1. The number of hydrogen-bond donors (Lipinski definition) is 1. The summed E-state index contributed by atoms with van der Waals surface area (Å²) in [4.78, 5) is 17.5. The third-order valence-electron chi connectivity index (χ3n) is 5.42. The molecule has 176 valence electrons. The number of fused-ring (bicyclic) bond motifs is 1. The molecule has 0 radical (unpaired) electrons. The van der Waals surface area contributed by atoms with E-state index in [9.17, 15) is 13.2 Å². The van der Waals surface area contributed by atoms with Crippen molar-refractivity contribution in [2.75, 3.05) is 11.6 Å². The molecule has 4 aromatic rings. The van der Waals surface area contributed by atoms with Crippen molar-refractivity contribution in [3.63, 3.8) is 0 Å². The Bertz CT molecular complexity index is 1500. The van der Waals surface area contributed by atoms with Crippen LogP contribution in [0, 0.1) is 0 Å². The van der Waals surface area contributed by atoms with Gasteiger partial charge in [0.2, 0.25) is 0 Å². The first-order valence-electron chi connectivity index (χ1n) is 10.1. The molecule has 0 aliphatic carbocycles. The maximum Gasteiger partial charge on any atom is 0.266 e. The number of anilines is 1. The van der Waals surface area contributed by atoms with Crippen molar-refractivity contribution in [2.24, 2.45) is 0 Å². The second-order valence-electron chi connectivity index (χ2n) is 8.17. The smallest absolute Gasteiger partial charge is 0.266 e. The fourth-order valence-corrected chi connectivity index (χ4v) is 4.97. The Labute approximate surface area is 211 Å². The highest BCUT2D eigenvalue weighted by Gasteiger charge is 2.32. The maximum absolute atomic E-state index is 12.9. The average Bonchev–Trinajstić information content (AvgIpc) is 3.18. The number of carbonyl (C=O) groups excluding carboxylic acids is 1. The van der Waals surface area contributed by atoms with Gasteiger partial charge in [-0.1, -0.05) is 29.3 Å². The Morgan fingerprint density at radius 3 is 2.38 bits per heavy atom. The van der Waals surface area contributed by atoms with E-state index in [0.717, 1.165) is 10.1 Å². The van der Waals surface area contributed by atoms with Crippen molar-refractivity contribution in [3.05, 3.63) is 81.3 Å². The Balaban J connectivity index is 1.57. The van der Waals surface area contributed by atoms with E-state index in [4.69, 9.17) is 27.9 Å². The first-order valence-corrected chi connectivity index (χ1v) is 13.5. The van der Waals surface area contributed by atoms with Gasteiger partial charge in [0.15, 0.2) is 9.84 Å². The zero-order valence-electron chi connectivity index (χ0n) is 18.4. The lowest BCUT2D eigenvalue weighted by Gasteiger charge is -2.23. The minimum atomic E-state index is -3.32. The number of thiophene rings is 1. The number of halogens is 2. The van der Waals surface area contributed by atoms with Crippen LogP contribution in [-0.4, -0.2) is 25.6 Å². The van der Waals surface area contributed by atoms with Crippen LogP contribution in [-0.2, 0) is 14.6 Å². The molecule has 6 nitrogen and oxygen atoms in total. The van der Waals surface area contributed by atoms with E-state index in [1.807, 2.05) is 6.07 Å². The first-order chi connectivity index (χ1) is 15.9. The maximum atomic E-state index is 12.9. The van der Waals surface area contributed by atoms with E-state index >= 15 is 0 Å². The lowest BCUT2D eigenvalue weighted by Crippen LogP contribution is -2.27. The number of ether oxygens (including phenoxy) is 1. The van der Waals surface area contributed by atoms with Crippen LogP contribution in [0.1, 0.15) is 29.1 Å². The summed E-state index contributed by atoms with van der Waals surface area (Å²) in [7, 11) is -3.32. The van der Waals surface area contributed by atoms with Crippen molar-refractivity contribution in [3.8, 4) is 11.5 Å². The van der Waals surface area contributed by atoms with Gasteiger partial charge in [-0.3, -0.25) is 4.79 Å². The van der Waals surface area contributed by atoms with Gasteiger partial charge in [0.1, 0.15) is 22.5 Å². The van der Waals surface area contributed by atoms with Crippen LogP contribution in [0.15, 0.2) is 60.7 Å². The molecule has 0 aliphatic heterocycles. The highest BCUT2D eigenvalue weighted by molar-refractivity contribution is 7.91. The average molecular weight is 535 g/mol. The van der Waals surface area contributed by atoms with Crippen molar-refractivity contribution in [1.29, 1.82) is 0 Å². The summed E-state index contributed by atoms with van der Waals surface area (Å²) in [5, 5.41) is 4.28. The standard InChI is InChI=1S/C24H20Cl2N2O4S2/c1-24(2,34(3,30)31)15-4-9-19-14(10-15)11-20(33-19)23(29)28-22-13-18(12-21(26)27-22)32-17-7-5-16(25)6-8-17/h4-13H,1-3H3,(H,27,28,29). The van der Waals surface area contributed by atoms with Crippen LogP contribution in [0.25, 0.3) is 10.1 Å². The van der Waals surface area contributed by atoms with Gasteiger partial charge >= 0.3 is 0 Å². The highest BCUT2D eigenvalue weighted by atomic mass is 35.5. The molecule has 0 bridgehead atoms. The number of hydrogen-bond acceptors (Lipinski definition) is 6. The molecule has 0 unspecified atom stereocenters.